The molecule has 0 amide bonds. The number of ether oxygens (including phenoxy) is 3. The average Bonchev–Trinajstić information content (AvgIpc) is 2.78. The SMILES string of the molecule is COc1ncccc1CNc1ccc2c(c1)OCCCO2. The molecule has 2 heterocycles. The summed E-state index contributed by atoms with van der Waals surface area (Å²) < 4.78 is 16.5. The average molecular weight is 286 g/mol. The van der Waals surface area contributed by atoms with E-state index >= 15 is 0 Å². The molecular weight excluding hydrogens is 268 g/mol. The highest BCUT2D eigenvalue weighted by molar-refractivity contribution is 5.55. The molecular formula is C16H18N2O3. The molecule has 1 aliphatic rings. The van der Waals surface area contributed by atoms with Crippen molar-refractivity contribution in [1.29, 1.82) is 0 Å². The first-order valence-corrected chi connectivity index (χ1v) is 6.98. The van der Waals surface area contributed by atoms with Crippen molar-refractivity contribution in [2.75, 3.05) is 25.6 Å². The Morgan fingerprint density at radius 3 is 2.90 bits per heavy atom. The molecule has 0 atom stereocenters. The van der Waals surface area contributed by atoms with Crippen molar-refractivity contribution in [2.24, 2.45) is 0 Å². The van der Waals surface area contributed by atoms with Crippen LogP contribution in [0.5, 0.6) is 17.4 Å². The summed E-state index contributed by atoms with van der Waals surface area (Å²) in [5.41, 5.74) is 1.98. The summed E-state index contributed by atoms with van der Waals surface area (Å²) in [6.45, 7) is 2.02. The topological polar surface area (TPSA) is 52.6 Å². The van der Waals surface area contributed by atoms with Gasteiger partial charge in [-0.2, -0.15) is 0 Å². The van der Waals surface area contributed by atoms with Crippen LogP contribution in [0.25, 0.3) is 0 Å². The summed E-state index contributed by atoms with van der Waals surface area (Å²) >= 11 is 0. The predicted octanol–water partition coefficient (Wildman–Crippen LogP) is 2.86. The number of rotatable bonds is 4. The van der Waals surface area contributed by atoms with Crippen LogP contribution < -0.4 is 19.5 Å². The number of pyridine rings is 1. The molecule has 0 spiro atoms. The minimum Gasteiger partial charge on any atom is -0.490 e. The third-order valence-corrected chi connectivity index (χ3v) is 3.27. The van der Waals surface area contributed by atoms with E-state index in [0.29, 0.717) is 25.6 Å². The van der Waals surface area contributed by atoms with E-state index in [1.165, 1.54) is 0 Å². The van der Waals surface area contributed by atoms with E-state index in [4.69, 9.17) is 14.2 Å². The van der Waals surface area contributed by atoms with E-state index in [0.717, 1.165) is 29.2 Å². The Morgan fingerprint density at radius 2 is 2.05 bits per heavy atom. The Morgan fingerprint density at radius 1 is 1.19 bits per heavy atom. The van der Waals surface area contributed by atoms with Crippen molar-refractivity contribution in [3.05, 3.63) is 42.1 Å². The van der Waals surface area contributed by atoms with Crippen LogP contribution in [-0.4, -0.2) is 25.3 Å². The second-order valence-electron chi connectivity index (χ2n) is 4.74. The monoisotopic (exact) mass is 286 g/mol. The number of benzene rings is 1. The van der Waals surface area contributed by atoms with Gasteiger partial charge in [-0.3, -0.25) is 0 Å². The van der Waals surface area contributed by atoms with E-state index in [1.54, 1.807) is 13.3 Å². The summed E-state index contributed by atoms with van der Waals surface area (Å²) in [7, 11) is 1.62. The summed E-state index contributed by atoms with van der Waals surface area (Å²) in [5.74, 6) is 2.23. The molecule has 21 heavy (non-hydrogen) atoms. The van der Waals surface area contributed by atoms with Crippen LogP contribution in [0, 0.1) is 0 Å². The quantitative estimate of drug-likeness (QED) is 0.936. The highest BCUT2D eigenvalue weighted by atomic mass is 16.5. The lowest BCUT2D eigenvalue weighted by molar-refractivity contribution is 0.297. The fourth-order valence-corrected chi connectivity index (χ4v) is 2.21. The van der Waals surface area contributed by atoms with Crippen molar-refractivity contribution in [2.45, 2.75) is 13.0 Å². The van der Waals surface area contributed by atoms with Crippen LogP contribution in [0.15, 0.2) is 36.5 Å². The maximum absolute atomic E-state index is 5.68. The van der Waals surface area contributed by atoms with E-state index in [9.17, 15) is 0 Å². The second kappa shape index (κ2) is 6.35. The molecule has 2 aromatic rings. The van der Waals surface area contributed by atoms with Gasteiger partial charge in [-0.25, -0.2) is 4.98 Å². The van der Waals surface area contributed by atoms with Crippen LogP contribution in [-0.2, 0) is 6.54 Å². The van der Waals surface area contributed by atoms with Gasteiger partial charge >= 0.3 is 0 Å². The van der Waals surface area contributed by atoms with Gasteiger partial charge in [0.25, 0.3) is 0 Å². The fraction of sp³-hybridized carbons (Fsp3) is 0.312. The van der Waals surface area contributed by atoms with Gasteiger partial charge in [0.15, 0.2) is 11.5 Å². The van der Waals surface area contributed by atoms with Crippen molar-refractivity contribution in [3.63, 3.8) is 0 Å². The summed E-state index contributed by atoms with van der Waals surface area (Å²) in [6.07, 6.45) is 2.63. The number of fused-ring (bicyclic) bond motifs is 1. The van der Waals surface area contributed by atoms with Crippen LogP contribution in [0.2, 0.25) is 0 Å². The van der Waals surface area contributed by atoms with Gasteiger partial charge in [-0.05, 0) is 18.2 Å². The Kier molecular flexibility index (Phi) is 4.09. The van der Waals surface area contributed by atoms with Gasteiger partial charge in [-0.1, -0.05) is 6.07 Å². The smallest absolute Gasteiger partial charge is 0.218 e. The standard InChI is InChI=1S/C16H18N2O3/c1-19-16-12(4-2-7-17-16)11-18-13-5-6-14-15(10-13)21-9-3-8-20-14/h2,4-7,10,18H,3,8-9,11H2,1H3. The fourth-order valence-electron chi connectivity index (χ4n) is 2.21. The first kappa shape index (κ1) is 13.5. The van der Waals surface area contributed by atoms with Crippen LogP contribution in [0.1, 0.15) is 12.0 Å². The number of hydrogen-bond donors (Lipinski definition) is 1. The van der Waals surface area contributed by atoms with Crippen LogP contribution >= 0.6 is 0 Å². The third kappa shape index (κ3) is 3.18. The molecule has 0 aliphatic carbocycles. The highest BCUT2D eigenvalue weighted by Crippen LogP contribution is 2.32. The zero-order valence-corrected chi connectivity index (χ0v) is 12.0. The molecule has 1 aliphatic heterocycles. The van der Waals surface area contributed by atoms with Gasteiger partial charge in [0, 0.05) is 36.5 Å². The Balaban J connectivity index is 1.72. The Bertz CT molecular complexity index is 616. The molecule has 3 rings (SSSR count). The number of nitrogens with one attached hydrogen (secondary N) is 1. The number of nitrogens with zero attached hydrogens (tertiary/aromatic N) is 1. The minimum atomic E-state index is 0.636. The van der Waals surface area contributed by atoms with Crippen molar-refractivity contribution >= 4 is 5.69 Å². The number of hydrogen-bond acceptors (Lipinski definition) is 5. The van der Waals surface area contributed by atoms with Crippen molar-refractivity contribution in [3.8, 4) is 17.4 Å². The summed E-state index contributed by atoms with van der Waals surface area (Å²) in [4.78, 5) is 4.19. The van der Waals surface area contributed by atoms with Gasteiger partial charge in [0.2, 0.25) is 5.88 Å². The van der Waals surface area contributed by atoms with Crippen LogP contribution in [0.4, 0.5) is 5.69 Å². The molecule has 0 saturated heterocycles. The van der Waals surface area contributed by atoms with Crippen LogP contribution in [0.3, 0.4) is 0 Å². The maximum atomic E-state index is 5.68. The van der Waals surface area contributed by atoms with E-state index in [1.807, 2.05) is 30.3 Å². The first-order valence-electron chi connectivity index (χ1n) is 6.98. The predicted molar refractivity (Wildman–Crippen MR) is 80.2 cm³/mol. The highest BCUT2D eigenvalue weighted by Gasteiger charge is 2.11. The van der Waals surface area contributed by atoms with Crippen molar-refractivity contribution < 1.29 is 14.2 Å². The zero-order chi connectivity index (χ0) is 14.5. The van der Waals surface area contributed by atoms with E-state index in [2.05, 4.69) is 10.3 Å². The molecule has 5 nitrogen and oxygen atoms in total. The number of aromatic nitrogens is 1. The third-order valence-electron chi connectivity index (χ3n) is 3.27. The molecule has 5 heteroatoms. The lowest BCUT2D eigenvalue weighted by atomic mass is 10.2. The lowest BCUT2D eigenvalue weighted by Crippen LogP contribution is -2.03. The maximum Gasteiger partial charge on any atom is 0.218 e. The molecule has 1 aromatic carbocycles. The van der Waals surface area contributed by atoms with Gasteiger partial charge in [-0.15, -0.1) is 0 Å². The molecule has 0 unspecified atom stereocenters. The Hall–Kier alpha value is -2.43. The largest absolute Gasteiger partial charge is 0.490 e. The molecule has 0 radical (unpaired) electrons. The molecule has 1 aromatic heterocycles. The first-order chi connectivity index (χ1) is 10.4. The molecule has 0 saturated carbocycles. The van der Waals surface area contributed by atoms with Gasteiger partial charge in [0.1, 0.15) is 0 Å². The second-order valence-corrected chi connectivity index (χ2v) is 4.74. The summed E-state index contributed by atoms with van der Waals surface area (Å²) in [6, 6.07) is 9.76. The number of anilines is 1. The molecule has 1 N–H and O–H groups in total. The zero-order valence-electron chi connectivity index (χ0n) is 12.0. The van der Waals surface area contributed by atoms with Gasteiger partial charge < -0.3 is 19.5 Å². The number of methoxy groups -OCH3 is 1. The van der Waals surface area contributed by atoms with E-state index in [-0.39, 0.29) is 0 Å². The van der Waals surface area contributed by atoms with Gasteiger partial charge in [0.05, 0.1) is 20.3 Å². The Labute approximate surface area is 123 Å². The normalized spacial score (nSPS) is 13.4. The van der Waals surface area contributed by atoms with E-state index < -0.39 is 0 Å². The van der Waals surface area contributed by atoms with Crippen molar-refractivity contribution in [1.82, 2.24) is 4.98 Å². The molecule has 0 fully saturated rings. The lowest BCUT2D eigenvalue weighted by Gasteiger charge is -2.12. The summed E-state index contributed by atoms with van der Waals surface area (Å²) in [5, 5.41) is 3.35. The molecule has 110 valence electrons. The minimum absolute atomic E-state index is 0.636. The molecule has 0 bridgehead atoms.